The summed E-state index contributed by atoms with van der Waals surface area (Å²) in [5, 5.41) is 18.1. The Morgan fingerprint density at radius 3 is 2.47 bits per heavy atom. The third-order valence-electron chi connectivity index (χ3n) is 4.19. The summed E-state index contributed by atoms with van der Waals surface area (Å²) < 4.78 is 11.6. The van der Waals surface area contributed by atoms with Crippen LogP contribution >= 0.6 is 0 Å². The van der Waals surface area contributed by atoms with Crippen LogP contribution in [0, 0.1) is 0 Å². The highest BCUT2D eigenvalue weighted by Gasteiger charge is 2.17. The molecule has 30 heavy (non-hydrogen) atoms. The Labute approximate surface area is 172 Å². The Morgan fingerprint density at radius 1 is 1.10 bits per heavy atom. The van der Waals surface area contributed by atoms with Gasteiger partial charge in [-0.05, 0) is 17.7 Å². The zero-order valence-electron chi connectivity index (χ0n) is 16.5. The molecule has 10 heteroatoms. The van der Waals surface area contributed by atoms with E-state index in [-0.39, 0.29) is 24.9 Å². The number of rotatable bonds is 8. The molecule has 156 valence electrons. The first-order valence-electron chi connectivity index (χ1n) is 8.95. The van der Waals surface area contributed by atoms with Crippen molar-refractivity contribution in [1.82, 2.24) is 25.4 Å². The van der Waals surface area contributed by atoms with Crippen molar-refractivity contribution in [2.45, 2.75) is 6.54 Å². The third-order valence-corrected chi connectivity index (χ3v) is 4.19. The molecule has 2 aromatic heterocycles. The molecular weight excluding hydrogens is 390 g/mol. The number of aromatic nitrogens is 3. The molecule has 0 aliphatic heterocycles. The van der Waals surface area contributed by atoms with Gasteiger partial charge in [-0.3, -0.25) is 4.79 Å². The number of carbonyl (C=O) groups is 2. The summed E-state index contributed by atoms with van der Waals surface area (Å²) in [6, 6.07) is 12.4. The quantitative estimate of drug-likeness (QED) is 0.484. The normalized spacial score (nSPS) is 10.5. The molecule has 2 amide bonds. The Kier molecular flexibility index (Phi) is 6.60. The van der Waals surface area contributed by atoms with Crippen LogP contribution in [0.5, 0.6) is 5.88 Å². The minimum Gasteiger partial charge on any atom is -0.481 e. The Morgan fingerprint density at radius 2 is 1.87 bits per heavy atom. The van der Waals surface area contributed by atoms with E-state index in [0.29, 0.717) is 17.3 Å². The number of hydrogen-bond acceptors (Lipinski definition) is 6. The van der Waals surface area contributed by atoms with Crippen LogP contribution in [0.1, 0.15) is 16.1 Å². The minimum atomic E-state index is -1.09. The van der Waals surface area contributed by atoms with Gasteiger partial charge in [0.15, 0.2) is 5.69 Å². The summed E-state index contributed by atoms with van der Waals surface area (Å²) in [5.74, 6) is 0.0846. The zero-order chi connectivity index (χ0) is 21.5. The summed E-state index contributed by atoms with van der Waals surface area (Å²) in [6.07, 6.45) is 0.507. The van der Waals surface area contributed by atoms with E-state index in [2.05, 4.69) is 20.7 Å². The molecule has 10 nitrogen and oxygen atoms in total. The van der Waals surface area contributed by atoms with E-state index in [1.807, 2.05) is 12.1 Å². The molecule has 1 aromatic carbocycles. The number of carboxylic acid groups (broad SMARTS) is 1. The smallest absolute Gasteiger partial charge is 0.404 e. The molecule has 0 bridgehead atoms. The van der Waals surface area contributed by atoms with Crippen molar-refractivity contribution < 1.29 is 24.2 Å². The predicted molar refractivity (Wildman–Crippen MR) is 108 cm³/mol. The molecule has 0 saturated heterocycles. The first kappa shape index (κ1) is 20.8. The molecule has 0 saturated carbocycles. The maximum Gasteiger partial charge on any atom is 0.404 e. The molecule has 3 rings (SSSR count). The van der Waals surface area contributed by atoms with Crippen LogP contribution in [0.3, 0.4) is 0 Å². The van der Waals surface area contributed by atoms with E-state index in [4.69, 9.17) is 14.6 Å². The van der Waals surface area contributed by atoms with E-state index >= 15 is 0 Å². The van der Waals surface area contributed by atoms with Crippen molar-refractivity contribution in [3.63, 3.8) is 0 Å². The third kappa shape index (κ3) is 4.92. The molecule has 0 aliphatic rings. The number of amides is 2. The van der Waals surface area contributed by atoms with Crippen molar-refractivity contribution in [1.29, 1.82) is 0 Å². The maximum atomic E-state index is 12.4. The van der Waals surface area contributed by atoms with Gasteiger partial charge in [0, 0.05) is 25.3 Å². The van der Waals surface area contributed by atoms with Gasteiger partial charge in [0.1, 0.15) is 6.73 Å². The second kappa shape index (κ2) is 9.52. The Bertz CT molecular complexity index is 1020. The molecule has 3 N–H and O–H groups in total. The van der Waals surface area contributed by atoms with Gasteiger partial charge in [0.05, 0.1) is 24.7 Å². The van der Waals surface area contributed by atoms with E-state index in [9.17, 15) is 9.59 Å². The SMILES string of the molecule is COCNC(=O)c1cc(-c2ccc(CNC(=O)O)cc2)n(-c2ccc(OC)nc2)n1. The first-order valence-corrected chi connectivity index (χ1v) is 8.95. The highest BCUT2D eigenvalue weighted by Crippen LogP contribution is 2.25. The van der Waals surface area contributed by atoms with Crippen LogP contribution in [-0.4, -0.2) is 52.8 Å². The fraction of sp³-hybridized carbons (Fsp3) is 0.200. The average molecular weight is 411 g/mol. The van der Waals surface area contributed by atoms with Crippen LogP contribution in [0.4, 0.5) is 4.79 Å². The number of nitrogens with zero attached hydrogens (tertiary/aromatic N) is 3. The van der Waals surface area contributed by atoms with Gasteiger partial charge in [-0.2, -0.15) is 5.10 Å². The largest absolute Gasteiger partial charge is 0.481 e. The number of methoxy groups -OCH3 is 2. The van der Waals surface area contributed by atoms with Crippen molar-refractivity contribution in [3.05, 3.63) is 59.9 Å². The first-order chi connectivity index (χ1) is 14.5. The Balaban J connectivity index is 1.97. The summed E-state index contributed by atoms with van der Waals surface area (Å²) in [6.45, 7) is 0.262. The number of nitrogens with one attached hydrogen (secondary N) is 2. The summed E-state index contributed by atoms with van der Waals surface area (Å²) in [7, 11) is 3.01. The Hall–Kier alpha value is -3.92. The monoisotopic (exact) mass is 411 g/mol. The lowest BCUT2D eigenvalue weighted by Gasteiger charge is -2.09. The second-order valence-corrected chi connectivity index (χ2v) is 6.18. The van der Waals surface area contributed by atoms with E-state index in [0.717, 1.165) is 11.1 Å². The summed E-state index contributed by atoms with van der Waals surface area (Å²) >= 11 is 0. The van der Waals surface area contributed by atoms with Crippen molar-refractivity contribution in [3.8, 4) is 22.8 Å². The highest BCUT2D eigenvalue weighted by atomic mass is 16.5. The predicted octanol–water partition coefficient (Wildman–Crippen LogP) is 2.04. The highest BCUT2D eigenvalue weighted by molar-refractivity contribution is 5.93. The molecule has 2 heterocycles. The van der Waals surface area contributed by atoms with E-state index in [1.54, 1.807) is 41.2 Å². The summed E-state index contributed by atoms with van der Waals surface area (Å²) in [4.78, 5) is 27.2. The molecule has 3 aromatic rings. The molecular formula is C20H21N5O5. The fourth-order valence-electron chi connectivity index (χ4n) is 2.71. The lowest BCUT2D eigenvalue weighted by molar-refractivity contribution is 0.0866. The van der Waals surface area contributed by atoms with Gasteiger partial charge in [-0.1, -0.05) is 24.3 Å². The average Bonchev–Trinajstić information content (AvgIpc) is 3.22. The number of ether oxygens (including phenoxy) is 2. The molecule has 0 fully saturated rings. The summed E-state index contributed by atoms with van der Waals surface area (Å²) in [5.41, 5.74) is 3.13. The topological polar surface area (TPSA) is 128 Å². The molecule has 0 atom stereocenters. The van der Waals surface area contributed by atoms with Crippen molar-refractivity contribution >= 4 is 12.0 Å². The number of benzene rings is 1. The number of pyridine rings is 1. The standard InChI is InChI=1S/C20H21N5O5/c1-29-12-23-19(26)16-9-17(14-5-3-13(4-6-14)10-22-20(27)28)25(24-16)15-7-8-18(30-2)21-11-15/h3-9,11,22H,10,12H2,1-2H3,(H,23,26)(H,27,28). The molecule has 0 aliphatic carbocycles. The van der Waals surface area contributed by atoms with Crippen LogP contribution in [0.15, 0.2) is 48.7 Å². The van der Waals surface area contributed by atoms with E-state index in [1.165, 1.54) is 14.2 Å². The number of carbonyl (C=O) groups excluding carboxylic acids is 1. The maximum absolute atomic E-state index is 12.4. The van der Waals surface area contributed by atoms with E-state index < -0.39 is 6.09 Å². The van der Waals surface area contributed by atoms with Gasteiger partial charge in [-0.25, -0.2) is 14.5 Å². The minimum absolute atomic E-state index is 0.0659. The zero-order valence-corrected chi connectivity index (χ0v) is 16.5. The van der Waals surface area contributed by atoms with Crippen molar-refractivity contribution in [2.24, 2.45) is 0 Å². The van der Waals surface area contributed by atoms with Crippen LogP contribution in [-0.2, 0) is 11.3 Å². The van der Waals surface area contributed by atoms with Crippen LogP contribution in [0.25, 0.3) is 16.9 Å². The van der Waals surface area contributed by atoms with Gasteiger partial charge < -0.3 is 25.2 Å². The van der Waals surface area contributed by atoms with Gasteiger partial charge >= 0.3 is 6.09 Å². The van der Waals surface area contributed by atoms with Gasteiger partial charge in [-0.15, -0.1) is 0 Å². The lowest BCUT2D eigenvalue weighted by Crippen LogP contribution is -2.25. The molecule has 0 spiro atoms. The molecule has 0 unspecified atom stereocenters. The van der Waals surface area contributed by atoms with Crippen LogP contribution in [0.2, 0.25) is 0 Å². The van der Waals surface area contributed by atoms with Gasteiger partial charge in [0.2, 0.25) is 5.88 Å². The molecule has 0 radical (unpaired) electrons. The fourth-order valence-corrected chi connectivity index (χ4v) is 2.71. The number of hydrogen-bond donors (Lipinski definition) is 3. The lowest BCUT2D eigenvalue weighted by atomic mass is 10.1. The van der Waals surface area contributed by atoms with Crippen LogP contribution < -0.4 is 15.4 Å². The van der Waals surface area contributed by atoms with Crippen molar-refractivity contribution in [2.75, 3.05) is 21.0 Å². The second-order valence-electron chi connectivity index (χ2n) is 6.18. The van der Waals surface area contributed by atoms with Gasteiger partial charge in [0.25, 0.3) is 5.91 Å².